The molecule has 3 rings (SSSR count). The monoisotopic (exact) mass is 395 g/mol. The molecule has 0 spiro atoms. The summed E-state index contributed by atoms with van der Waals surface area (Å²) in [7, 11) is 0. The molecule has 1 aliphatic rings. The van der Waals surface area contributed by atoms with Crippen molar-refractivity contribution >= 4 is 39.8 Å². The maximum absolute atomic E-state index is 12.8. The molecule has 0 aromatic carbocycles. The molecule has 1 atom stereocenters. The molecule has 0 saturated heterocycles. The minimum absolute atomic E-state index is 0.239. The first-order valence-electron chi connectivity index (χ1n) is 8.76. The summed E-state index contributed by atoms with van der Waals surface area (Å²) >= 11 is 7.51. The van der Waals surface area contributed by atoms with Gasteiger partial charge in [-0.1, -0.05) is 11.6 Å². The summed E-state index contributed by atoms with van der Waals surface area (Å²) in [6.45, 7) is 5.65. The van der Waals surface area contributed by atoms with Crippen LogP contribution in [0.15, 0.2) is 6.20 Å². The standard InChI is InChI=1S/C18H22ClN3O3S/c1-4-25-18(24)15-12-7-5-6-8-14(12)26-17(15)21-16(23)11(3)22-10(2)13(19)9-20-22/h9,11H,4-8H2,1-3H3,(H,21,23). The second-order valence-electron chi connectivity index (χ2n) is 6.32. The van der Waals surface area contributed by atoms with Gasteiger partial charge in [0, 0.05) is 4.88 Å². The Kier molecular flexibility index (Phi) is 5.67. The van der Waals surface area contributed by atoms with E-state index in [0.29, 0.717) is 22.2 Å². The van der Waals surface area contributed by atoms with Gasteiger partial charge in [-0.2, -0.15) is 5.10 Å². The van der Waals surface area contributed by atoms with Gasteiger partial charge in [-0.15, -0.1) is 11.3 Å². The highest BCUT2D eigenvalue weighted by atomic mass is 35.5. The average molecular weight is 396 g/mol. The van der Waals surface area contributed by atoms with Crippen LogP contribution in [-0.2, 0) is 22.4 Å². The highest BCUT2D eigenvalue weighted by Gasteiger charge is 2.28. The summed E-state index contributed by atoms with van der Waals surface area (Å²) in [5.74, 6) is -0.606. The zero-order valence-corrected chi connectivity index (χ0v) is 16.7. The number of aryl methyl sites for hydroxylation is 1. The average Bonchev–Trinajstić information content (AvgIpc) is 3.14. The van der Waals surface area contributed by atoms with Crippen molar-refractivity contribution in [1.82, 2.24) is 9.78 Å². The largest absolute Gasteiger partial charge is 0.462 e. The molecule has 1 amide bonds. The molecule has 6 nitrogen and oxygen atoms in total. The number of nitrogens with one attached hydrogen (secondary N) is 1. The van der Waals surface area contributed by atoms with E-state index in [1.165, 1.54) is 22.4 Å². The first kappa shape index (κ1) is 18.9. The summed E-state index contributed by atoms with van der Waals surface area (Å²) in [5.41, 5.74) is 2.27. The number of rotatable bonds is 5. The van der Waals surface area contributed by atoms with Crippen LogP contribution in [0.4, 0.5) is 5.00 Å². The molecular formula is C18H22ClN3O3S. The molecule has 0 aliphatic heterocycles. The van der Waals surface area contributed by atoms with Gasteiger partial charge >= 0.3 is 5.97 Å². The molecule has 0 bridgehead atoms. The Morgan fingerprint density at radius 2 is 2.15 bits per heavy atom. The summed E-state index contributed by atoms with van der Waals surface area (Å²) in [6.07, 6.45) is 5.45. The van der Waals surface area contributed by atoms with E-state index < -0.39 is 6.04 Å². The lowest BCUT2D eigenvalue weighted by Gasteiger charge is -2.15. The zero-order chi connectivity index (χ0) is 18.8. The van der Waals surface area contributed by atoms with Gasteiger partial charge in [-0.3, -0.25) is 9.48 Å². The number of hydrogen-bond donors (Lipinski definition) is 1. The number of carbonyl (C=O) groups excluding carboxylic acids is 2. The molecule has 0 radical (unpaired) electrons. The van der Waals surface area contributed by atoms with E-state index in [-0.39, 0.29) is 11.9 Å². The topological polar surface area (TPSA) is 73.2 Å². The van der Waals surface area contributed by atoms with Crippen molar-refractivity contribution in [2.75, 3.05) is 11.9 Å². The van der Waals surface area contributed by atoms with Gasteiger partial charge in [-0.05, 0) is 52.0 Å². The number of halogens is 1. The number of amides is 1. The van der Waals surface area contributed by atoms with E-state index in [1.54, 1.807) is 18.5 Å². The third-order valence-corrected chi connectivity index (χ3v) is 6.20. The molecular weight excluding hydrogens is 374 g/mol. The van der Waals surface area contributed by atoms with Crippen molar-refractivity contribution in [3.63, 3.8) is 0 Å². The van der Waals surface area contributed by atoms with E-state index >= 15 is 0 Å². The van der Waals surface area contributed by atoms with Gasteiger partial charge in [0.1, 0.15) is 11.0 Å². The van der Waals surface area contributed by atoms with Crippen LogP contribution in [0.5, 0.6) is 0 Å². The van der Waals surface area contributed by atoms with Crippen molar-refractivity contribution in [3.8, 4) is 0 Å². The number of nitrogens with zero attached hydrogens (tertiary/aromatic N) is 2. The van der Waals surface area contributed by atoms with Crippen LogP contribution < -0.4 is 5.32 Å². The minimum Gasteiger partial charge on any atom is -0.462 e. The number of carbonyl (C=O) groups is 2. The summed E-state index contributed by atoms with van der Waals surface area (Å²) < 4.78 is 6.80. The Balaban J connectivity index is 1.89. The number of fused-ring (bicyclic) bond motifs is 1. The van der Waals surface area contributed by atoms with Crippen LogP contribution in [0.2, 0.25) is 5.02 Å². The smallest absolute Gasteiger partial charge is 0.341 e. The number of anilines is 1. The van der Waals surface area contributed by atoms with Crippen LogP contribution in [0.25, 0.3) is 0 Å². The zero-order valence-electron chi connectivity index (χ0n) is 15.1. The van der Waals surface area contributed by atoms with Crippen LogP contribution in [0, 0.1) is 6.92 Å². The van der Waals surface area contributed by atoms with Gasteiger partial charge in [-0.25, -0.2) is 4.79 Å². The van der Waals surface area contributed by atoms with Gasteiger partial charge in [0.05, 0.1) is 29.1 Å². The predicted octanol–water partition coefficient (Wildman–Crippen LogP) is 4.16. The van der Waals surface area contributed by atoms with Crippen molar-refractivity contribution in [2.45, 2.75) is 52.5 Å². The molecule has 0 saturated carbocycles. The predicted molar refractivity (Wildman–Crippen MR) is 102 cm³/mol. The lowest BCUT2D eigenvalue weighted by Crippen LogP contribution is -2.25. The maximum Gasteiger partial charge on any atom is 0.341 e. The SMILES string of the molecule is CCOC(=O)c1c(NC(=O)C(C)n2ncc(Cl)c2C)sc2c1CCCC2. The molecule has 140 valence electrons. The Hall–Kier alpha value is -1.86. The Labute approximate surface area is 161 Å². The number of thiophene rings is 1. The van der Waals surface area contributed by atoms with Crippen LogP contribution in [0.3, 0.4) is 0 Å². The summed E-state index contributed by atoms with van der Waals surface area (Å²) in [5, 5.41) is 8.17. The summed E-state index contributed by atoms with van der Waals surface area (Å²) in [6, 6.07) is -0.545. The van der Waals surface area contributed by atoms with Crippen molar-refractivity contribution in [1.29, 1.82) is 0 Å². The van der Waals surface area contributed by atoms with Crippen molar-refractivity contribution < 1.29 is 14.3 Å². The van der Waals surface area contributed by atoms with Crippen LogP contribution in [-0.4, -0.2) is 28.3 Å². The van der Waals surface area contributed by atoms with E-state index in [2.05, 4.69) is 10.4 Å². The quantitative estimate of drug-likeness (QED) is 0.771. The van der Waals surface area contributed by atoms with Crippen LogP contribution in [0.1, 0.15) is 59.2 Å². The van der Waals surface area contributed by atoms with Crippen LogP contribution >= 0.6 is 22.9 Å². The third kappa shape index (κ3) is 3.50. The molecule has 8 heteroatoms. The van der Waals surface area contributed by atoms with Gasteiger partial charge in [0.25, 0.3) is 0 Å². The number of aromatic nitrogens is 2. The van der Waals surface area contributed by atoms with E-state index in [9.17, 15) is 9.59 Å². The Morgan fingerprint density at radius 3 is 2.81 bits per heavy atom. The second kappa shape index (κ2) is 7.80. The molecule has 1 aliphatic carbocycles. The van der Waals surface area contributed by atoms with E-state index in [1.807, 2.05) is 6.92 Å². The molecule has 2 aromatic rings. The summed E-state index contributed by atoms with van der Waals surface area (Å²) in [4.78, 5) is 26.4. The lowest BCUT2D eigenvalue weighted by atomic mass is 9.95. The second-order valence-corrected chi connectivity index (χ2v) is 7.84. The van der Waals surface area contributed by atoms with Crippen molar-refractivity contribution in [3.05, 3.63) is 32.9 Å². The number of ether oxygens (including phenoxy) is 1. The first-order valence-corrected chi connectivity index (χ1v) is 9.95. The third-order valence-electron chi connectivity index (χ3n) is 4.62. The molecule has 2 aromatic heterocycles. The molecule has 1 unspecified atom stereocenters. The van der Waals surface area contributed by atoms with E-state index in [4.69, 9.17) is 16.3 Å². The minimum atomic E-state index is -0.545. The molecule has 0 fully saturated rings. The Morgan fingerprint density at radius 1 is 1.42 bits per heavy atom. The fourth-order valence-corrected chi connectivity index (χ4v) is 4.60. The van der Waals surface area contributed by atoms with Gasteiger partial charge < -0.3 is 10.1 Å². The lowest BCUT2D eigenvalue weighted by molar-refractivity contribution is -0.119. The fraction of sp³-hybridized carbons (Fsp3) is 0.500. The van der Waals surface area contributed by atoms with Gasteiger partial charge in [0.15, 0.2) is 0 Å². The molecule has 2 heterocycles. The fourth-order valence-electron chi connectivity index (χ4n) is 3.19. The van der Waals surface area contributed by atoms with Gasteiger partial charge in [0.2, 0.25) is 5.91 Å². The Bertz CT molecular complexity index is 843. The normalized spacial score (nSPS) is 14.6. The highest BCUT2D eigenvalue weighted by Crippen LogP contribution is 2.39. The number of hydrogen-bond acceptors (Lipinski definition) is 5. The highest BCUT2D eigenvalue weighted by molar-refractivity contribution is 7.17. The molecule has 26 heavy (non-hydrogen) atoms. The molecule has 1 N–H and O–H groups in total. The van der Waals surface area contributed by atoms with Crippen molar-refractivity contribution in [2.24, 2.45) is 0 Å². The maximum atomic E-state index is 12.8. The van der Waals surface area contributed by atoms with E-state index in [0.717, 1.165) is 36.9 Å². The first-order chi connectivity index (χ1) is 12.4. The number of esters is 1.